The van der Waals surface area contributed by atoms with Gasteiger partial charge in [-0.15, -0.1) is 0 Å². The van der Waals surface area contributed by atoms with E-state index in [0.29, 0.717) is 22.4 Å². The molecule has 0 unspecified atom stereocenters. The number of halogens is 3. The molecule has 10 heteroatoms. The SMILES string of the molecule is CCN(Cc1cc(C(F)(F)F)ccc1-c1cc(CC(=O)[O-])ccc1OC)C(=O)NCc1ccccc1.[K+]. The zero-order chi connectivity index (χ0) is 26.3. The monoisotopic (exact) mass is 538 g/mol. The van der Waals surface area contributed by atoms with Crippen molar-refractivity contribution in [1.29, 1.82) is 0 Å². The summed E-state index contributed by atoms with van der Waals surface area (Å²) in [5.41, 5.74) is 1.49. The third-order valence-corrected chi connectivity index (χ3v) is 5.65. The minimum Gasteiger partial charge on any atom is -0.550 e. The largest absolute Gasteiger partial charge is 1.00 e. The summed E-state index contributed by atoms with van der Waals surface area (Å²) >= 11 is 0. The van der Waals surface area contributed by atoms with Crippen LogP contribution in [0.15, 0.2) is 66.7 Å². The Balaban J connectivity index is 0.00000481. The Labute approximate surface area is 256 Å². The quantitative estimate of drug-likeness (QED) is 0.418. The Hall–Kier alpha value is -2.37. The van der Waals surface area contributed by atoms with E-state index in [0.717, 1.165) is 17.7 Å². The van der Waals surface area contributed by atoms with Crippen LogP contribution in [0, 0.1) is 0 Å². The van der Waals surface area contributed by atoms with Gasteiger partial charge < -0.3 is 24.9 Å². The fourth-order valence-electron chi connectivity index (χ4n) is 3.82. The third kappa shape index (κ3) is 8.58. The maximum Gasteiger partial charge on any atom is 1.00 e. The number of ether oxygens (including phenoxy) is 1. The second-order valence-corrected chi connectivity index (χ2v) is 8.11. The zero-order valence-electron chi connectivity index (χ0n) is 20.9. The van der Waals surface area contributed by atoms with E-state index in [1.54, 1.807) is 25.1 Å². The number of urea groups is 1. The molecular weight excluding hydrogens is 512 g/mol. The summed E-state index contributed by atoms with van der Waals surface area (Å²) in [5, 5.41) is 13.9. The first kappa shape index (κ1) is 30.8. The molecule has 0 aliphatic rings. The van der Waals surface area contributed by atoms with Crippen molar-refractivity contribution in [1.82, 2.24) is 10.2 Å². The van der Waals surface area contributed by atoms with Crippen LogP contribution in [-0.2, 0) is 30.5 Å². The molecular formula is C27H26F3KN2O4. The second-order valence-electron chi connectivity index (χ2n) is 8.11. The molecule has 0 atom stereocenters. The number of carbonyl (C=O) groups excluding carboxylic acids is 2. The Kier molecular flexibility index (Phi) is 11.6. The average Bonchev–Trinajstić information content (AvgIpc) is 2.85. The van der Waals surface area contributed by atoms with Gasteiger partial charge in [0.2, 0.25) is 0 Å². The smallest absolute Gasteiger partial charge is 0.550 e. The van der Waals surface area contributed by atoms with E-state index in [4.69, 9.17) is 4.74 Å². The molecule has 0 saturated carbocycles. The molecule has 3 rings (SSSR count). The standard InChI is InChI=1S/C27H27F3N2O4.K/c1-3-32(26(35)31-16-18-7-5-4-6-8-18)17-20-15-21(27(28,29)30)10-11-22(20)23-13-19(14-25(33)34)9-12-24(23)36-2;/h4-13,15H,3,14,16-17H2,1-2H3,(H,31,35)(H,33,34);/q;+1/p-1. The van der Waals surface area contributed by atoms with Crippen LogP contribution in [-0.4, -0.2) is 30.6 Å². The molecule has 0 aliphatic carbocycles. The first-order valence-corrected chi connectivity index (χ1v) is 11.3. The van der Waals surface area contributed by atoms with Crippen molar-refractivity contribution in [2.75, 3.05) is 13.7 Å². The van der Waals surface area contributed by atoms with Gasteiger partial charge in [0.15, 0.2) is 0 Å². The molecule has 0 aliphatic heterocycles. The molecule has 190 valence electrons. The van der Waals surface area contributed by atoms with Crippen molar-refractivity contribution in [2.24, 2.45) is 0 Å². The third-order valence-electron chi connectivity index (χ3n) is 5.65. The maximum absolute atomic E-state index is 13.6. The van der Waals surface area contributed by atoms with Crippen molar-refractivity contribution in [3.63, 3.8) is 0 Å². The Morgan fingerprint density at radius 1 is 0.973 bits per heavy atom. The van der Waals surface area contributed by atoms with E-state index in [1.807, 2.05) is 30.3 Å². The molecule has 37 heavy (non-hydrogen) atoms. The summed E-state index contributed by atoms with van der Waals surface area (Å²) in [4.78, 5) is 25.4. The Morgan fingerprint density at radius 2 is 1.68 bits per heavy atom. The minimum absolute atomic E-state index is 0. The number of carboxylic acids is 1. The molecule has 3 aromatic rings. The van der Waals surface area contributed by atoms with Crippen LogP contribution >= 0.6 is 0 Å². The Morgan fingerprint density at radius 3 is 2.27 bits per heavy atom. The van der Waals surface area contributed by atoms with Crippen LogP contribution in [0.4, 0.5) is 18.0 Å². The Bertz CT molecular complexity index is 1220. The maximum atomic E-state index is 13.6. The summed E-state index contributed by atoms with van der Waals surface area (Å²) in [5.74, 6) is -0.930. The zero-order valence-corrected chi connectivity index (χ0v) is 24.0. The van der Waals surface area contributed by atoms with Gasteiger partial charge in [0.05, 0.1) is 12.7 Å². The molecule has 0 radical (unpaired) electrons. The van der Waals surface area contributed by atoms with Crippen LogP contribution < -0.4 is 66.5 Å². The molecule has 2 amide bonds. The number of nitrogens with one attached hydrogen (secondary N) is 1. The molecule has 0 spiro atoms. The molecule has 1 N–H and O–H groups in total. The van der Waals surface area contributed by atoms with E-state index in [-0.39, 0.29) is 83.0 Å². The van der Waals surface area contributed by atoms with Gasteiger partial charge in [0.1, 0.15) is 5.75 Å². The fraction of sp³-hybridized carbons (Fsp3) is 0.259. The molecule has 6 nitrogen and oxygen atoms in total. The van der Waals surface area contributed by atoms with E-state index in [1.165, 1.54) is 18.1 Å². The molecule has 0 bridgehead atoms. The minimum atomic E-state index is -4.58. The number of rotatable bonds is 9. The number of carbonyl (C=O) groups is 2. The van der Waals surface area contributed by atoms with E-state index in [2.05, 4.69) is 5.32 Å². The predicted molar refractivity (Wildman–Crippen MR) is 127 cm³/mol. The number of alkyl halides is 3. The first-order valence-electron chi connectivity index (χ1n) is 11.3. The van der Waals surface area contributed by atoms with Gasteiger partial charge >= 0.3 is 63.6 Å². The van der Waals surface area contributed by atoms with Crippen molar-refractivity contribution in [3.8, 4) is 16.9 Å². The molecule has 0 aromatic heterocycles. The van der Waals surface area contributed by atoms with Gasteiger partial charge in [-0.05, 0) is 53.4 Å². The van der Waals surface area contributed by atoms with Crippen LogP contribution in [0.5, 0.6) is 5.75 Å². The summed E-state index contributed by atoms with van der Waals surface area (Å²) in [6.45, 7) is 2.14. The molecule has 0 heterocycles. The van der Waals surface area contributed by atoms with Crippen LogP contribution in [0.2, 0.25) is 0 Å². The summed E-state index contributed by atoms with van der Waals surface area (Å²) < 4.78 is 46.1. The number of benzene rings is 3. The van der Waals surface area contributed by atoms with Gasteiger partial charge in [-0.1, -0.05) is 42.5 Å². The van der Waals surface area contributed by atoms with E-state index >= 15 is 0 Å². The van der Waals surface area contributed by atoms with Crippen LogP contribution in [0.3, 0.4) is 0 Å². The van der Waals surface area contributed by atoms with E-state index < -0.39 is 23.7 Å². The van der Waals surface area contributed by atoms with Gasteiger partial charge in [0, 0.05) is 37.6 Å². The van der Waals surface area contributed by atoms with Gasteiger partial charge in [0.25, 0.3) is 0 Å². The van der Waals surface area contributed by atoms with Crippen molar-refractivity contribution < 1.29 is 84.0 Å². The summed E-state index contributed by atoms with van der Waals surface area (Å²) in [7, 11) is 1.41. The number of amides is 2. The van der Waals surface area contributed by atoms with Crippen molar-refractivity contribution in [3.05, 3.63) is 89.0 Å². The molecule has 0 fully saturated rings. The number of methoxy groups -OCH3 is 1. The predicted octanol–water partition coefficient (Wildman–Crippen LogP) is 1.41. The van der Waals surface area contributed by atoms with Gasteiger partial charge in [-0.3, -0.25) is 0 Å². The number of aliphatic carboxylic acids is 1. The second kappa shape index (κ2) is 14.0. The number of carboxylic acid groups (broad SMARTS) is 1. The van der Waals surface area contributed by atoms with Crippen molar-refractivity contribution in [2.45, 2.75) is 32.6 Å². The fourth-order valence-corrected chi connectivity index (χ4v) is 3.82. The van der Waals surface area contributed by atoms with Gasteiger partial charge in [-0.25, -0.2) is 4.79 Å². The normalized spacial score (nSPS) is 10.8. The van der Waals surface area contributed by atoms with Gasteiger partial charge in [-0.2, -0.15) is 13.2 Å². The number of hydrogen-bond donors (Lipinski definition) is 1. The number of hydrogen-bond acceptors (Lipinski definition) is 4. The van der Waals surface area contributed by atoms with Crippen LogP contribution in [0.25, 0.3) is 11.1 Å². The average molecular weight is 539 g/mol. The molecule has 0 saturated heterocycles. The first-order chi connectivity index (χ1) is 17.1. The molecule has 3 aromatic carbocycles. The van der Waals surface area contributed by atoms with E-state index in [9.17, 15) is 27.9 Å². The topological polar surface area (TPSA) is 81.7 Å². The summed E-state index contributed by atoms with van der Waals surface area (Å²) in [6, 6.07) is 16.8. The van der Waals surface area contributed by atoms with Crippen molar-refractivity contribution >= 4 is 12.0 Å². The summed E-state index contributed by atoms with van der Waals surface area (Å²) in [6.07, 6.45) is -4.95. The number of nitrogens with zero attached hydrogens (tertiary/aromatic N) is 1. The van der Waals surface area contributed by atoms with Crippen LogP contribution in [0.1, 0.15) is 29.2 Å².